The van der Waals surface area contributed by atoms with E-state index in [0.717, 1.165) is 17.0 Å². The van der Waals surface area contributed by atoms with E-state index >= 15 is 0 Å². The number of methoxy groups -OCH3 is 1. The van der Waals surface area contributed by atoms with Gasteiger partial charge in [0, 0.05) is 13.0 Å². The molecule has 5 nitrogen and oxygen atoms in total. The summed E-state index contributed by atoms with van der Waals surface area (Å²) in [5.74, 6) is 0.781. The molecule has 1 N–H and O–H groups in total. The highest BCUT2D eigenvalue weighted by Crippen LogP contribution is 2.11. The third-order valence-corrected chi connectivity index (χ3v) is 2.71. The van der Waals surface area contributed by atoms with Gasteiger partial charge in [0.15, 0.2) is 6.39 Å². The van der Waals surface area contributed by atoms with E-state index in [4.69, 9.17) is 9.15 Å². The van der Waals surface area contributed by atoms with Gasteiger partial charge < -0.3 is 14.5 Å². The SMILES string of the molecule is COc1ccc(CC(=O)NCCc2cocn2)cc1. The zero-order valence-corrected chi connectivity index (χ0v) is 10.8. The number of oxazole rings is 1. The molecule has 0 fully saturated rings. The highest BCUT2D eigenvalue weighted by molar-refractivity contribution is 5.78. The van der Waals surface area contributed by atoms with Crippen molar-refractivity contribution in [1.82, 2.24) is 10.3 Å². The number of ether oxygens (including phenoxy) is 1. The highest BCUT2D eigenvalue weighted by Gasteiger charge is 2.04. The fourth-order valence-corrected chi connectivity index (χ4v) is 1.68. The van der Waals surface area contributed by atoms with Crippen LogP contribution in [0.25, 0.3) is 0 Å². The largest absolute Gasteiger partial charge is 0.497 e. The van der Waals surface area contributed by atoms with Crippen molar-refractivity contribution in [3.8, 4) is 5.75 Å². The number of benzene rings is 1. The molecule has 0 radical (unpaired) electrons. The number of aromatic nitrogens is 1. The molecule has 0 saturated carbocycles. The van der Waals surface area contributed by atoms with Gasteiger partial charge in [-0.3, -0.25) is 4.79 Å². The zero-order valence-electron chi connectivity index (χ0n) is 10.8. The van der Waals surface area contributed by atoms with Gasteiger partial charge in [0.25, 0.3) is 0 Å². The zero-order chi connectivity index (χ0) is 13.5. The molecular formula is C14H16N2O3. The van der Waals surface area contributed by atoms with Crippen LogP contribution in [0.4, 0.5) is 0 Å². The summed E-state index contributed by atoms with van der Waals surface area (Å²) in [6, 6.07) is 7.46. The highest BCUT2D eigenvalue weighted by atomic mass is 16.5. The Bertz CT molecular complexity index is 506. The Hall–Kier alpha value is -2.30. The molecule has 0 spiro atoms. The van der Waals surface area contributed by atoms with Gasteiger partial charge in [-0.15, -0.1) is 0 Å². The molecule has 0 bridgehead atoms. The molecule has 0 aliphatic carbocycles. The smallest absolute Gasteiger partial charge is 0.224 e. The van der Waals surface area contributed by atoms with E-state index in [-0.39, 0.29) is 5.91 Å². The van der Waals surface area contributed by atoms with Crippen molar-refractivity contribution in [1.29, 1.82) is 0 Å². The molecule has 1 aromatic heterocycles. The maximum Gasteiger partial charge on any atom is 0.224 e. The molecule has 1 aromatic carbocycles. The summed E-state index contributed by atoms with van der Waals surface area (Å²) in [5, 5.41) is 2.85. The van der Waals surface area contributed by atoms with Crippen molar-refractivity contribution in [2.75, 3.05) is 13.7 Å². The average Bonchev–Trinajstić information content (AvgIpc) is 2.93. The lowest BCUT2D eigenvalue weighted by atomic mass is 10.1. The Morgan fingerprint density at radius 3 is 2.79 bits per heavy atom. The number of nitrogens with zero attached hydrogens (tertiary/aromatic N) is 1. The fraction of sp³-hybridized carbons (Fsp3) is 0.286. The van der Waals surface area contributed by atoms with Crippen LogP contribution >= 0.6 is 0 Å². The number of hydrogen-bond donors (Lipinski definition) is 1. The Balaban J connectivity index is 1.74. The quantitative estimate of drug-likeness (QED) is 0.856. The molecule has 100 valence electrons. The first-order valence-electron chi connectivity index (χ1n) is 6.04. The van der Waals surface area contributed by atoms with Crippen molar-refractivity contribution >= 4 is 5.91 Å². The summed E-state index contributed by atoms with van der Waals surface area (Å²) < 4.78 is 9.92. The van der Waals surface area contributed by atoms with Crippen LogP contribution < -0.4 is 10.1 Å². The number of rotatable bonds is 6. The third-order valence-electron chi connectivity index (χ3n) is 2.71. The van der Waals surface area contributed by atoms with Gasteiger partial charge in [-0.2, -0.15) is 0 Å². The van der Waals surface area contributed by atoms with Crippen LogP contribution in [0.3, 0.4) is 0 Å². The number of carbonyl (C=O) groups excluding carboxylic acids is 1. The van der Waals surface area contributed by atoms with Crippen molar-refractivity contribution in [2.45, 2.75) is 12.8 Å². The lowest BCUT2D eigenvalue weighted by Gasteiger charge is -2.05. The van der Waals surface area contributed by atoms with Crippen LogP contribution in [0.15, 0.2) is 41.3 Å². The van der Waals surface area contributed by atoms with Crippen molar-refractivity contribution in [2.24, 2.45) is 0 Å². The summed E-state index contributed by atoms with van der Waals surface area (Å²) in [5.41, 5.74) is 1.80. The Labute approximate surface area is 111 Å². The van der Waals surface area contributed by atoms with Crippen LogP contribution in [0, 0.1) is 0 Å². The van der Waals surface area contributed by atoms with E-state index in [2.05, 4.69) is 10.3 Å². The summed E-state index contributed by atoms with van der Waals surface area (Å²) >= 11 is 0. The van der Waals surface area contributed by atoms with Gasteiger partial charge in [-0.05, 0) is 17.7 Å². The molecule has 0 aliphatic rings. The molecule has 0 atom stereocenters. The monoisotopic (exact) mass is 260 g/mol. The Morgan fingerprint density at radius 2 is 2.16 bits per heavy atom. The average molecular weight is 260 g/mol. The second-order valence-electron chi connectivity index (χ2n) is 4.10. The third kappa shape index (κ3) is 4.13. The minimum Gasteiger partial charge on any atom is -0.497 e. The van der Waals surface area contributed by atoms with E-state index in [0.29, 0.717) is 19.4 Å². The lowest BCUT2D eigenvalue weighted by molar-refractivity contribution is -0.120. The molecule has 0 unspecified atom stereocenters. The first kappa shape index (κ1) is 13.1. The standard InChI is InChI=1S/C14H16N2O3/c1-18-13-4-2-11(3-5-13)8-14(17)15-7-6-12-9-19-10-16-12/h2-5,9-10H,6-8H2,1H3,(H,15,17). The van der Waals surface area contributed by atoms with Crippen LogP contribution in [0.1, 0.15) is 11.3 Å². The van der Waals surface area contributed by atoms with Crippen LogP contribution in [0.2, 0.25) is 0 Å². The summed E-state index contributed by atoms with van der Waals surface area (Å²) in [7, 11) is 1.62. The number of carbonyl (C=O) groups is 1. The van der Waals surface area contributed by atoms with Gasteiger partial charge in [-0.1, -0.05) is 12.1 Å². The molecular weight excluding hydrogens is 244 g/mol. The van der Waals surface area contributed by atoms with Crippen molar-refractivity contribution in [3.05, 3.63) is 48.2 Å². The normalized spacial score (nSPS) is 10.2. The molecule has 0 aliphatic heterocycles. The van der Waals surface area contributed by atoms with Gasteiger partial charge >= 0.3 is 0 Å². The minimum absolute atomic E-state index is 0.00587. The summed E-state index contributed by atoms with van der Waals surface area (Å²) in [6.07, 6.45) is 4.00. The molecule has 1 amide bonds. The van der Waals surface area contributed by atoms with E-state index in [1.165, 1.54) is 6.39 Å². The van der Waals surface area contributed by atoms with E-state index in [1.807, 2.05) is 24.3 Å². The molecule has 1 heterocycles. The summed E-state index contributed by atoms with van der Waals surface area (Å²) in [4.78, 5) is 15.7. The predicted molar refractivity (Wildman–Crippen MR) is 69.9 cm³/mol. The van der Waals surface area contributed by atoms with Crippen molar-refractivity contribution in [3.63, 3.8) is 0 Å². The molecule has 0 saturated heterocycles. The van der Waals surface area contributed by atoms with Crippen LogP contribution in [-0.4, -0.2) is 24.5 Å². The van der Waals surface area contributed by atoms with Gasteiger partial charge in [0.1, 0.15) is 12.0 Å². The van der Waals surface area contributed by atoms with Crippen LogP contribution in [0.5, 0.6) is 5.75 Å². The molecule has 2 aromatic rings. The van der Waals surface area contributed by atoms with Gasteiger partial charge in [0.2, 0.25) is 5.91 Å². The minimum atomic E-state index is -0.00587. The van der Waals surface area contributed by atoms with Crippen LogP contribution in [-0.2, 0) is 17.6 Å². The second kappa shape index (κ2) is 6.58. The van der Waals surface area contributed by atoms with E-state index in [9.17, 15) is 4.79 Å². The molecule has 5 heteroatoms. The number of nitrogens with one attached hydrogen (secondary N) is 1. The summed E-state index contributed by atoms with van der Waals surface area (Å²) in [6.45, 7) is 0.557. The van der Waals surface area contributed by atoms with Gasteiger partial charge in [0.05, 0.1) is 19.2 Å². The van der Waals surface area contributed by atoms with Gasteiger partial charge in [-0.25, -0.2) is 4.98 Å². The predicted octanol–water partition coefficient (Wildman–Crippen LogP) is 1.58. The van der Waals surface area contributed by atoms with E-state index in [1.54, 1.807) is 13.4 Å². The lowest BCUT2D eigenvalue weighted by Crippen LogP contribution is -2.27. The Kier molecular flexibility index (Phi) is 4.55. The maximum absolute atomic E-state index is 11.7. The Morgan fingerprint density at radius 1 is 1.37 bits per heavy atom. The van der Waals surface area contributed by atoms with E-state index < -0.39 is 0 Å². The number of hydrogen-bond acceptors (Lipinski definition) is 4. The first-order chi connectivity index (χ1) is 9.28. The van der Waals surface area contributed by atoms with Crippen molar-refractivity contribution < 1.29 is 13.9 Å². The fourth-order valence-electron chi connectivity index (χ4n) is 1.68. The number of amides is 1. The molecule has 2 rings (SSSR count). The second-order valence-corrected chi connectivity index (χ2v) is 4.10. The topological polar surface area (TPSA) is 64.4 Å². The molecule has 19 heavy (non-hydrogen) atoms. The first-order valence-corrected chi connectivity index (χ1v) is 6.04. The maximum atomic E-state index is 11.7.